The van der Waals surface area contributed by atoms with Crippen molar-refractivity contribution in [2.24, 2.45) is 0 Å². The first-order valence-corrected chi connectivity index (χ1v) is 6.49. The van der Waals surface area contributed by atoms with E-state index in [0.717, 1.165) is 31.9 Å². The topological polar surface area (TPSA) is 83.4 Å². The monoisotopic (exact) mass is 263 g/mol. The van der Waals surface area contributed by atoms with Gasteiger partial charge >= 0.3 is 5.97 Å². The number of hydrogen-bond acceptors (Lipinski definition) is 4. The fourth-order valence-electron chi connectivity index (χ4n) is 2.48. The highest BCUT2D eigenvalue weighted by Gasteiger charge is 2.27. The number of aromatic carboxylic acids is 1. The molecule has 1 aliphatic carbocycles. The number of hydrogen-bond donors (Lipinski definition) is 1. The normalized spacial score (nSPS) is 15.4. The van der Waals surface area contributed by atoms with E-state index < -0.39 is 5.97 Å². The van der Waals surface area contributed by atoms with Gasteiger partial charge in [-0.1, -0.05) is 12.8 Å². The lowest BCUT2D eigenvalue weighted by molar-refractivity contribution is 0.0671. The van der Waals surface area contributed by atoms with Crippen molar-refractivity contribution in [1.82, 2.24) is 14.9 Å². The average Bonchev–Trinajstić information content (AvgIpc) is 2.93. The van der Waals surface area contributed by atoms with Gasteiger partial charge < -0.3 is 10.0 Å². The van der Waals surface area contributed by atoms with E-state index in [0.29, 0.717) is 6.54 Å². The van der Waals surface area contributed by atoms with Gasteiger partial charge in [0.05, 0.1) is 12.4 Å². The Morgan fingerprint density at radius 1 is 1.26 bits per heavy atom. The summed E-state index contributed by atoms with van der Waals surface area (Å²) < 4.78 is 0. The van der Waals surface area contributed by atoms with Crippen LogP contribution in [0.25, 0.3) is 0 Å². The van der Waals surface area contributed by atoms with Crippen LogP contribution in [-0.2, 0) is 0 Å². The molecule has 1 aromatic rings. The number of rotatable bonds is 4. The van der Waals surface area contributed by atoms with Gasteiger partial charge in [0.15, 0.2) is 5.69 Å². The summed E-state index contributed by atoms with van der Waals surface area (Å²) in [5.74, 6) is -1.31. The minimum atomic E-state index is -1.14. The Morgan fingerprint density at radius 3 is 2.32 bits per heavy atom. The van der Waals surface area contributed by atoms with E-state index in [4.69, 9.17) is 5.11 Å². The predicted molar refractivity (Wildman–Crippen MR) is 68.0 cm³/mol. The molecule has 1 fully saturated rings. The lowest BCUT2D eigenvalue weighted by Gasteiger charge is -2.27. The SMILES string of the molecule is CCN(C(=O)c1cnc(C(=O)O)cn1)C1CCCC1. The minimum absolute atomic E-state index is 0.152. The molecule has 0 bridgehead atoms. The molecule has 0 spiro atoms. The predicted octanol–water partition coefficient (Wildman–Crippen LogP) is 1.58. The first-order chi connectivity index (χ1) is 9.13. The number of carboxylic acids is 1. The van der Waals surface area contributed by atoms with Crippen LogP contribution in [0.1, 0.15) is 53.6 Å². The van der Waals surface area contributed by atoms with Gasteiger partial charge in [-0.3, -0.25) is 4.79 Å². The van der Waals surface area contributed by atoms with Gasteiger partial charge in [-0.15, -0.1) is 0 Å². The number of carbonyl (C=O) groups excluding carboxylic acids is 1. The van der Waals surface area contributed by atoms with Gasteiger partial charge in [0.2, 0.25) is 0 Å². The van der Waals surface area contributed by atoms with Crippen LogP contribution >= 0.6 is 0 Å². The highest BCUT2D eigenvalue weighted by molar-refractivity contribution is 5.93. The summed E-state index contributed by atoms with van der Waals surface area (Å²) in [6.45, 7) is 2.57. The molecule has 19 heavy (non-hydrogen) atoms. The molecular weight excluding hydrogens is 246 g/mol. The second-order valence-corrected chi connectivity index (χ2v) is 4.62. The van der Waals surface area contributed by atoms with Gasteiger partial charge in [-0.05, 0) is 19.8 Å². The number of aromatic nitrogens is 2. The molecule has 0 unspecified atom stereocenters. The zero-order valence-electron chi connectivity index (χ0n) is 10.9. The standard InChI is InChI=1S/C13H17N3O3/c1-2-16(9-5-3-4-6-9)12(17)10-7-15-11(8-14-10)13(18)19/h7-9H,2-6H2,1H3,(H,18,19). The number of amides is 1. The average molecular weight is 263 g/mol. The molecule has 1 N–H and O–H groups in total. The Balaban J connectivity index is 2.14. The quantitative estimate of drug-likeness (QED) is 0.891. The van der Waals surface area contributed by atoms with Crippen LogP contribution in [0.3, 0.4) is 0 Å². The number of nitrogens with zero attached hydrogens (tertiary/aromatic N) is 3. The molecule has 1 amide bonds. The summed E-state index contributed by atoms with van der Waals surface area (Å²) in [5.41, 5.74) is 0.0548. The maximum Gasteiger partial charge on any atom is 0.356 e. The lowest BCUT2D eigenvalue weighted by atomic mass is 10.2. The van der Waals surface area contributed by atoms with E-state index in [-0.39, 0.29) is 23.3 Å². The fourth-order valence-corrected chi connectivity index (χ4v) is 2.48. The first-order valence-electron chi connectivity index (χ1n) is 6.49. The summed E-state index contributed by atoms with van der Waals surface area (Å²) in [6.07, 6.45) is 6.72. The third kappa shape index (κ3) is 2.89. The Bertz CT molecular complexity index is 467. The zero-order chi connectivity index (χ0) is 13.8. The molecule has 0 atom stereocenters. The molecule has 6 nitrogen and oxygen atoms in total. The van der Waals surface area contributed by atoms with Crippen molar-refractivity contribution in [2.75, 3.05) is 6.54 Å². The molecular formula is C13H17N3O3. The largest absolute Gasteiger partial charge is 0.476 e. The van der Waals surface area contributed by atoms with Gasteiger partial charge in [-0.2, -0.15) is 0 Å². The Hall–Kier alpha value is -1.98. The first kappa shape index (κ1) is 13.5. The smallest absolute Gasteiger partial charge is 0.356 e. The molecule has 2 rings (SSSR count). The van der Waals surface area contributed by atoms with E-state index in [1.165, 1.54) is 6.20 Å². The molecule has 1 aliphatic rings. The molecule has 1 saturated carbocycles. The van der Waals surface area contributed by atoms with Crippen LogP contribution in [0.15, 0.2) is 12.4 Å². The molecule has 6 heteroatoms. The van der Waals surface area contributed by atoms with Crippen molar-refractivity contribution < 1.29 is 14.7 Å². The van der Waals surface area contributed by atoms with Crippen molar-refractivity contribution in [2.45, 2.75) is 38.6 Å². The van der Waals surface area contributed by atoms with Crippen LogP contribution < -0.4 is 0 Å². The molecule has 0 radical (unpaired) electrons. The molecule has 1 aromatic heterocycles. The van der Waals surface area contributed by atoms with E-state index in [1.54, 1.807) is 4.90 Å². The lowest BCUT2D eigenvalue weighted by Crippen LogP contribution is -2.39. The van der Waals surface area contributed by atoms with E-state index in [1.807, 2.05) is 6.92 Å². The van der Waals surface area contributed by atoms with Crippen LogP contribution in [0.2, 0.25) is 0 Å². The highest BCUT2D eigenvalue weighted by atomic mass is 16.4. The number of carboxylic acid groups (broad SMARTS) is 1. The Labute approximate surface area is 111 Å². The maximum absolute atomic E-state index is 12.3. The van der Waals surface area contributed by atoms with Crippen LogP contribution in [0.4, 0.5) is 0 Å². The summed E-state index contributed by atoms with van der Waals surface area (Å²) >= 11 is 0. The van der Waals surface area contributed by atoms with Crippen LogP contribution in [0.5, 0.6) is 0 Å². The van der Waals surface area contributed by atoms with Gasteiger partial charge in [0, 0.05) is 12.6 Å². The van der Waals surface area contributed by atoms with E-state index in [2.05, 4.69) is 9.97 Å². The fraction of sp³-hybridized carbons (Fsp3) is 0.538. The van der Waals surface area contributed by atoms with Crippen LogP contribution in [0, 0.1) is 0 Å². The second kappa shape index (κ2) is 5.77. The van der Waals surface area contributed by atoms with E-state index >= 15 is 0 Å². The summed E-state index contributed by atoms with van der Waals surface area (Å²) in [5, 5.41) is 8.74. The molecule has 1 heterocycles. The van der Waals surface area contributed by atoms with Crippen molar-refractivity contribution in [3.8, 4) is 0 Å². The Morgan fingerprint density at radius 2 is 1.84 bits per heavy atom. The highest BCUT2D eigenvalue weighted by Crippen LogP contribution is 2.24. The van der Waals surface area contributed by atoms with Gasteiger partial charge in [0.1, 0.15) is 5.69 Å². The van der Waals surface area contributed by atoms with Gasteiger partial charge in [0.25, 0.3) is 5.91 Å². The molecule has 102 valence electrons. The third-order valence-corrected chi connectivity index (χ3v) is 3.46. The van der Waals surface area contributed by atoms with Gasteiger partial charge in [-0.25, -0.2) is 14.8 Å². The second-order valence-electron chi connectivity index (χ2n) is 4.62. The third-order valence-electron chi connectivity index (χ3n) is 3.46. The molecule has 0 aliphatic heterocycles. The molecule has 0 saturated heterocycles. The van der Waals surface area contributed by atoms with E-state index in [9.17, 15) is 9.59 Å². The summed E-state index contributed by atoms with van der Waals surface area (Å²) in [7, 11) is 0. The van der Waals surface area contributed by atoms with Crippen molar-refractivity contribution >= 4 is 11.9 Å². The minimum Gasteiger partial charge on any atom is -0.476 e. The molecule has 0 aromatic carbocycles. The summed E-state index contributed by atoms with van der Waals surface area (Å²) in [6, 6.07) is 0.276. The number of carbonyl (C=O) groups is 2. The maximum atomic E-state index is 12.3. The van der Waals surface area contributed by atoms with Crippen molar-refractivity contribution in [3.63, 3.8) is 0 Å². The van der Waals surface area contributed by atoms with Crippen molar-refractivity contribution in [3.05, 3.63) is 23.8 Å². The zero-order valence-corrected chi connectivity index (χ0v) is 10.9. The van der Waals surface area contributed by atoms with Crippen LogP contribution in [-0.4, -0.2) is 44.4 Å². The Kier molecular flexibility index (Phi) is 4.09. The summed E-state index contributed by atoms with van der Waals surface area (Å²) in [4.78, 5) is 32.4. The van der Waals surface area contributed by atoms with Crippen molar-refractivity contribution in [1.29, 1.82) is 0 Å².